The van der Waals surface area contributed by atoms with Crippen molar-refractivity contribution in [2.75, 3.05) is 6.54 Å². The lowest BCUT2D eigenvalue weighted by Crippen LogP contribution is -2.30. The molecule has 0 aromatic heterocycles. The summed E-state index contributed by atoms with van der Waals surface area (Å²) < 4.78 is 0. The highest BCUT2D eigenvalue weighted by atomic mass is 16.1. The van der Waals surface area contributed by atoms with Crippen LogP contribution in [0.1, 0.15) is 48.9 Å². The van der Waals surface area contributed by atoms with Crippen LogP contribution < -0.4 is 16.4 Å². The van der Waals surface area contributed by atoms with Gasteiger partial charge in [0.25, 0.3) is 0 Å². The maximum atomic E-state index is 11.6. The Labute approximate surface area is 113 Å². The third-order valence-corrected chi connectivity index (χ3v) is 3.95. The second-order valence-electron chi connectivity index (χ2n) is 5.57. The van der Waals surface area contributed by atoms with Crippen LogP contribution in [-0.2, 0) is 4.79 Å². The summed E-state index contributed by atoms with van der Waals surface area (Å²) in [4.78, 5) is 11.6. The first kappa shape index (κ1) is 12.6. The third-order valence-electron chi connectivity index (χ3n) is 3.95. The first-order valence-corrected chi connectivity index (χ1v) is 7.11. The van der Waals surface area contributed by atoms with E-state index in [2.05, 4.69) is 22.8 Å². The molecule has 1 aromatic rings. The van der Waals surface area contributed by atoms with Crippen LogP contribution in [0.5, 0.6) is 0 Å². The first-order chi connectivity index (χ1) is 9.24. The van der Waals surface area contributed by atoms with E-state index >= 15 is 0 Å². The lowest BCUT2D eigenvalue weighted by molar-refractivity contribution is -0.121. The molecule has 4 nitrogen and oxygen atoms in total. The Morgan fingerprint density at radius 2 is 2.00 bits per heavy atom. The summed E-state index contributed by atoms with van der Waals surface area (Å²) in [6.07, 6.45) is 3.75. The van der Waals surface area contributed by atoms with Crippen molar-refractivity contribution in [1.29, 1.82) is 0 Å². The van der Waals surface area contributed by atoms with Gasteiger partial charge in [-0.2, -0.15) is 0 Å². The van der Waals surface area contributed by atoms with Crippen molar-refractivity contribution < 1.29 is 4.79 Å². The molecule has 0 bridgehead atoms. The number of carbonyl (C=O) groups excluding carboxylic acids is 1. The van der Waals surface area contributed by atoms with E-state index in [0.717, 1.165) is 19.3 Å². The number of nitrogens with two attached hydrogens (primary N) is 1. The molecule has 2 aliphatic rings. The Morgan fingerprint density at radius 3 is 2.74 bits per heavy atom. The fraction of sp³-hybridized carbons (Fsp3) is 0.533. The van der Waals surface area contributed by atoms with Crippen LogP contribution in [0.2, 0.25) is 0 Å². The molecule has 0 heterocycles. The highest BCUT2D eigenvalue weighted by molar-refractivity contribution is 5.76. The molecule has 0 aliphatic heterocycles. The fourth-order valence-electron chi connectivity index (χ4n) is 2.75. The maximum Gasteiger partial charge on any atom is 0.221 e. The van der Waals surface area contributed by atoms with Crippen molar-refractivity contribution in [3.05, 3.63) is 35.4 Å². The predicted octanol–water partition coefficient (Wildman–Crippen LogP) is 1.39. The van der Waals surface area contributed by atoms with Gasteiger partial charge in [-0.1, -0.05) is 24.3 Å². The number of carbonyl (C=O) groups is 1. The van der Waals surface area contributed by atoms with E-state index < -0.39 is 0 Å². The minimum Gasteiger partial charge on any atom is -0.353 e. The summed E-state index contributed by atoms with van der Waals surface area (Å²) in [6, 6.07) is 9.17. The summed E-state index contributed by atoms with van der Waals surface area (Å²) >= 11 is 0. The molecule has 1 fully saturated rings. The molecular formula is C15H21N3O. The molecular weight excluding hydrogens is 238 g/mol. The number of hydrogen-bond acceptors (Lipinski definition) is 3. The summed E-state index contributed by atoms with van der Waals surface area (Å²) in [5.41, 5.74) is 8.65. The van der Waals surface area contributed by atoms with Gasteiger partial charge in [-0.05, 0) is 30.4 Å². The van der Waals surface area contributed by atoms with E-state index in [1.807, 2.05) is 12.1 Å². The molecule has 4 N–H and O–H groups in total. The molecule has 19 heavy (non-hydrogen) atoms. The zero-order valence-electron chi connectivity index (χ0n) is 11.1. The number of hydrogen-bond donors (Lipinski definition) is 3. The second kappa shape index (κ2) is 5.31. The van der Waals surface area contributed by atoms with Gasteiger partial charge in [0.05, 0.1) is 0 Å². The van der Waals surface area contributed by atoms with Gasteiger partial charge >= 0.3 is 0 Å². The molecule has 102 valence electrons. The van der Waals surface area contributed by atoms with Crippen molar-refractivity contribution >= 4 is 5.91 Å². The molecule has 0 radical (unpaired) electrons. The van der Waals surface area contributed by atoms with Crippen LogP contribution in [-0.4, -0.2) is 18.5 Å². The Kier molecular flexibility index (Phi) is 3.53. The van der Waals surface area contributed by atoms with Gasteiger partial charge < -0.3 is 16.4 Å². The van der Waals surface area contributed by atoms with Gasteiger partial charge in [0, 0.05) is 31.1 Å². The van der Waals surface area contributed by atoms with E-state index in [-0.39, 0.29) is 11.9 Å². The highest BCUT2D eigenvalue weighted by Gasteiger charge is 2.28. The number of nitrogens with one attached hydrogen (secondary N) is 2. The summed E-state index contributed by atoms with van der Waals surface area (Å²) in [5, 5.41) is 6.46. The highest BCUT2D eigenvalue weighted by Crippen LogP contribution is 2.36. The third kappa shape index (κ3) is 2.96. The molecule has 0 saturated heterocycles. The summed E-state index contributed by atoms with van der Waals surface area (Å²) in [5.74, 6) is 0.158. The Balaban J connectivity index is 1.49. The van der Waals surface area contributed by atoms with Crippen LogP contribution in [0.25, 0.3) is 0 Å². The van der Waals surface area contributed by atoms with E-state index in [9.17, 15) is 4.79 Å². The van der Waals surface area contributed by atoms with Crippen LogP contribution in [0, 0.1) is 0 Å². The van der Waals surface area contributed by atoms with Gasteiger partial charge in [-0.3, -0.25) is 4.79 Å². The maximum absolute atomic E-state index is 11.6. The lowest BCUT2D eigenvalue weighted by Gasteiger charge is -2.13. The zero-order valence-corrected chi connectivity index (χ0v) is 11.1. The molecule has 1 aromatic carbocycles. The van der Waals surface area contributed by atoms with Crippen molar-refractivity contribution in [3.8, 4) is 0 Å². The molecule has 2 unspecified atom stereocenters. The molecule has 3 rings (SSSR count). The van der Waals surface area contributed by atoms with Crippen LogP contribution >= 0.6 is 0 Å². The Bertz CT molecular complexity index is 470. The van der Waals surface area contributed by atoms with E-state index in [1.54, 1.807) is 0 Å². The quantitative estimate of drug-likeness (QED) is 0.748. The molecule has 1 amide bonds. The van der Waals surface area contributed by atoms with Crippen LogP contribution in [0.15, 0.2) is 24.3 Å². The average molecular weight is 259 g/mol. The van der Waals surface area contributed by atoms with Crippen molar-refractivity contribution in [3.63, 3.8) is 0 Å². The van der Waals surface area contributed by atoms with Gasteiger partial charge in [0.1, 0.15) is 0 Å². The van der Waals surface area contributed by atoms with Crippen molar-refractivity contribution in [2.24, 2.45) is 5.73 Å². The first-order valence-electron chi connectivity index (χ1n) is 7.11. The molecule has 0 spiro atoms. The monoisotopic (exact) mass is 259 g/mol. The number of amides is 1. The standard InChI is InChI=1S/C15H21N3O/c16-13-9-14(12-4-2-1-3-11(12)13)17-8-7-15(19)18-10-5-6-10/h1-4,10,13-14,17H,5-9,16H2,(H,18,19). The average Bonchev–Trinajstić information content (AvgIpc) is 3.15. The normalized spacial score (nSPS) is 25.1. The van der Waals surface area contributed by atoms with Crippen molar-refractivity contribution in [2.45, 2.75) is 43.8 Å². The van der Waals surface area contributed by atoms with Crippen LogP contribution in [0.4, 0.5) is 0 Å². The smallest absolute Gasteiger partial charge is 0.221 e. The van der Waals surface area contributed by atoms with Crippen molar-refractivity contribution in [1.82, 2.24) is 10.6 Å². The van der Waals surface area contributed by atoms with E-state index in [1.165, 1.54) is 11.1 Å². The SMILES string of the molecule is NC1CC(NCCC(=O)NC2CC2)c2ccccc21. The zero-order chi connectivity index (χ0) is 13.2. The topological polar surface area (TPSA) is 67.1 Å². The second-order valence-corrected chi connectivity index (χ2v) is 5.57. The Morgan fingerprint density at radius 1 is 1.26 bits per heavy atom. The number of benzene rings is 1. The molecule has 1 saturated carbocycles. The predicted molar refractivity (Wildman–Crippen MR) is 74.5 cm³/mol. The van der Waals surface area contributed by atoms with Gasteiger partial charge in [-0.15, -0.1) is 0 Å². The van der Waals surface area contributed by atoms with Gasteiger partial charge in [0.15, 0.2) is 0 Å². The Hall–Kier alpha value is -1.39. The molecule has 2 aliphatic carbocycles. The fourth-order valence-corrected chi connectivity index (χ4v) is 2.75. The van der Waals surface area contributed by atoms with E-state index in [0.29, 0.717) is 25.0 Å². The van der Waals surface area contributed by atoms with Gasteiger partial charge in [-0.25, -0.2) is 0 Å². The minimum atomic E-state index is 0.119. The minimum absolute atomic E-state index is 0.119. The number of fused-ring (bicyclic) bond motifs is 1. The number of rotatable bonds is 5. The summed E-state index contributed by atoms with van der Waals surface area (Å²) in [7, 11) is 0. The van der Waals surface area contributed by atoms with E-state index in [4.69, 9.17) is 5.73 Å². The lowest BCUT2D eigenvalue weighted by atomic mass is 10.1. The van der Waals surface area contributed by atoms with Gasteiger partial charge in [0.2, 0.25) is 5.91 Å². The summed E-state index contributed by atoms with van der Waals surface area (Å²) in [6.45, 7) is 0.713. The molecule has 4 heteroatoms. The van der Waals surface area contributed by atoms with Crippen LogP contribution in [0.3, 0.4) is 0 Å². The molecule has 2 atom stereocenters. The largest absolute Gasteiger partial charge is 0.353 e.